The van der Waals surface area contributed by atoms with Crippen LogP contribution >= 0.6 is 0 Å². The number of amides is 3. The Morgan fingerprint density at radius 1 is 0.971 bits per heavy atom. The van der Waals surface area contributed by atoms with Gasteiger partial charge < -0.3 is 25.0 Å². The highest BCUT2D eigenvalue weighted by atomic mass is 16.7. The van der Waals surface area contributed by atoms with Gasteiger partial charge in [-0.2, -0.15) is 0 Å². The van der Waals surface area contributed by atoms with Crippen molar-refractivity contribution in [3.05, 3.63) is 59.2 Å². The first-order valence-corrected chi connectivity index (χ1v) is 11.7. The van der Waals surface area contributed by atoms with Gasteiger partial charge in [-0.25, -0.2) is 0 Å². The molecule has 2 aromatic carbocycles. The third kappa shape index (κ3) is 5.16. The SMILES string of the molecule is Cc1ccccc1C(=O)N1CCC([C@H](NC(=O)c2ccc3c(c2)OCO3)C(=O)NC(C)C)CC1. The molecule has 0 aromatic heterocycles. The minimum Gasteiger partial charge on any atom is -0.454 e. The number of aryl methyl sites for hydroxylation is 1. The lowest BCUT2D eigenvalue weighted by molar-refractivity contribution is -0.125. The van der Waals surface area contributed by atoms with E-state index < -0.39 is 6.04 Å². The first kappa shape index (κ1) is 23.6. The minimum atomic E-state index is -0.698. The highest BCUT2D eigenvalue weighted by Crippen LogP contribution is 2.32. The Kier molecular flexibility index (Phi) is 7.05. The molecule has 2 aromatic rings. The number of hydrogen-bond acceptors (Lipinski definition) is 5. The maximum absolute atomic E-state index is 13.0. The van der Waals surface area contributed by atoms with E-state index in [1.165, 1.54) is 0 Å². The normalized spacial score (nSPS) is 16.3. The summed E-state index contributed by atoms with van der Waals surface area (Å²) in [5.74, 6) is 0.463. The molecule has 0 saturated carbocycles. The van der Waals surface area contributed by atoms with Crippen LogP contribution in [0.5, 0.6) is 11.5 Å². The van der Waals surface area contributed by atoms with E-state index in [0.717, 1.165) is 5.56 Å². The van der Waals surface area contributed by atoms with E-state index in [-0.39, 0.29) is 36.5 Å². The number of fused-ring (bicyclic) bond motifs is 1. The van der Waals surface area contributed by atoms with E-state index in [0.29, 0.717) is 48.6 Å². The van der Waals surface area contributed by atoms with Crippen LogP contribution in [0, 0.1) is 12.8 Å². The molecular formula is C26H31N3O5. The van der Waals surface area contributed by atoms with Crippen LogP contribution in [0.3, 0.4) is 0 Å². The largest absolute Gasteiger partial charge is 0.454 e. The number of hydrogen-bond donors (Lipinski definition) is 2. The molecule has 1 atom stereocenters. The van der Waals surface area contributed by atoms with Gasteiger partial charge in [0.15, 0.2) is 11.5 Å². The Morgan fingerprint density at radius 3 is 2.38 bits per heavy atom. The van der Waals surface area contributed by atoms with Crippen molar-refractivity contribution in [3.8, 4) is 11.5 Å². The second kappa shape index (κ2) is 10.2. The number of likely N-dealkylation sites (tertiary alicyclic amines) is 1. The van der Waals surface area contributed by atoms with E-state index in [9.17, 15) is 14.4 Å². The lowest BCUT2D eigenvalue weighted by Gasteiger charge is -2.36. The smallest absolute Gasteiger partial charge is 0.254 e. The predicted octanol–water partition coefficient (Wildman–Crippen LogP) is 2.90. The Bertz CT molecular complexity index is 1080. The molecule has 2 heterocycles. The van der Waals surface area contributed by atoms with Crippen LogP contribution in [-0.2, 0) is 4.79 Å². The van der Waals surface area contributed by atoms with Crippen LogP contribution in [0.2, 0.25) is 0 Å². The van der Waals surface area contributed by atoms with Crippen molar-refractivity contribution >= 4 is 17.7 Å². The van der Waals surface area contributed by atoms with Crippen LogP contribution in [0.4, 0.5) is 0 Å². The maximum Gasteiger partial charge on any atom is 0.254 e. The average Bonchev–Trinajstić information content (AvgIpc) is 3.30. The predicted molar refractivity (Wildman–Crippen MR) is 127 cm³/mol. The highest BCUT2D eigenvalue weighted by molar-refractivity contribution is 5.98. The molecule has 0 unspecified atom stereocenters. The van der Waals surface area contributed by atoms with Gasteiger partial charge in [-0.05, 0) is 69.4 Å². The molecular weight excluding hydrogens is 434 g/mol. The number of benzene rings is 2. The van der Waals surface area contributed by atoms with Crippen molar-refractivity contribution in [2.24, 2.45) is 5.92 Å². The zero-order valence-electron chi connectivity index (χ0n) is 19.8. The summed E-state index contributed by atoms with van der Waals surface area (Å²) in [6, 6.07) is 11.8. The van der Waals surface area contributed by atoms with Gasteiger partial charge in [0.05, 0.1) is 0 Å². The Balaban J connectivity index is 1.45. The van der Waals surface area contributed by atoms with Crippen molar-refractivity contribution in [1.82, 2.24) is 15.5 Å². The molecule has 4 rings (SSSR count). The number of carbonyl (C=O) groups excluding carboxylic acids is 3. The zero-order chi connectivity index (χ0) is 24.2. The summed E-state index contributed by atoms with van der Waals surface area (Å²) in [5, 5.41) is 5.86. The first-order valence-electron chi connectivity index (χ1n) is 11.7. The van der Waals surface area contributed by atoms with Crippen molar-refractivity contribution < 1.29 is 23.9 Å². The Morgan fingerprint density at radius 2 is 1.68 bits per heavy atom. The van der Waals surface area contributed by atoms with Crippen LogP contribution < -0.4 is 20.1 Å². The molecule has 0 aliphatic carbocycles. The third-order valence-corrected chi connectivity index (χ3v) is 6.31. The zero-order valence-corrected chi connectivity index (χ0v) is 19.8. The van der Waals surface area contributed by atoms with E-state index in [1.54, 1.807) is 18.2 Å². The van der Waals surface area contributed by atoms with Crippen molar-refractivity contribution in [2.45, 2.75) is 45.7 Å². The fourth-order valence-electron chi connectivity index (χ4n) is 4.45. The second-order valence-corrected chi connectivity index (χ2v) is 9.13. The van der Waals surface area contributed by atoms with E-state index >= 15 is 0 Å². The number of rotatable bonds is 6. The van der Waals surface area contributed by atoms with Gasteiger partial charge in [-0.15, -0.1) is 0 Å². The fourth-order valence-corrected chi connectivity index (χ4v) is 4.45. The standard InChI is InChI=1S/C26H31N3O5/c1-16(2)27-25(31)23(28-24(30)19-8-9-21-22(14-19)34-15-33-21)18-10-12-29(13-11-18)26(32)20-7-5-4-6-17(20)3/h4-9,14,16,18,23H,10-13,15H2,1-3H3,(H,27,31)(H,28,30)/t23-/m0/s1. The van der Waals surface area contributed by atoms with Crippen molar-refractivity contribution in [2.75, 3.05) is 19.9 Å². The summed E-state index contributed by atoms with van der Waals surface area (Å²) < 4.78 is 10.7. The molecule has 1 fully saturated rings. The molecule has 8 heteroatoms. The van der Waals surface area contributed by atoms with E-state index in [2.05, 4.69) is 10.6 Å². The Hall–Kier alpha value is -3.55. The second-order valence-electron chi connectivity index (χ2n) is 9.13. The number of nitrogens with one attached hydrogen (secondary N) is 2. The molecule has 1 saturated heterocycles. The summed E-state index contributed by atoms with van der Waals surface area (Å²) in [6.45, 7) is 6.89. The summed E-state index contributed by atoms with van der Waals surface area (Å²) in [7, 11) is 0. The highest BCUT2D eigenvalue weighted by Gasteiger charge is 2.34. The number of piperidine rings is 1. The third-order valence-electron chi connectivity index (χ3n) is 6.31. The molecule has 0 radical (unpaired) electrons. The van der Waals surface area contributed by atoms with Crippen LogP contribution in [0.15, 0.2) is 42.5 Å². The molecule has 2 N–H and O–H groups in total. The number of ether oxygens (including phenoxy) is 2. The summed E-state index contributed by atoms with van der Waals surface area (Å²) in [5.41, 5.74) is 2.05. The van der Waals surface area contributed by atoms with Gasteiger partial charge in [-0.1, -0.05) is 18.2 Å². The van der Waals surface area contributed by atoms with Crippen molar-refractivity contribution in [3.63, 3.8) is 0 Å². The van der Waals surface area contributed by atoms with Crippen LogP contribution in [0.1, 0.15) is 53.0 Å². The lowest BCUT2D eigenvalue weighted by Crippen LogP contribution is -2.54. The van der Waals surface area contributed by atoms with Gasteiger partial charge in [0.1, 0.15) is 6.04 Å². The van der Waals surface area contributed by atoms with Gasteiger partial charge in [0, 0.05) is 30.3 Å². The molecule has 2 aliphatic rings. The summed E-state index contributed by atoms with van der Waals surface area (Å²) in [4.78, 5) is 40.9. The quantitative estimate of drug-likeness (QED) is 0.684. The molecule has 0 bridgehead atoms. The van der Waals surface area contributed by atoms with Gasteiger partial charge in [-0.3, -0.25) is 14.4 Å². The van der Waals surface area contributed by atoms with Gasteiger partial charge in [0.2, 0.25) is 12.7 Å². The molecule has 34 heavy (non-hydrogen) atoms. The van der Waals surface area contributed by atoms with Crippen molar-refractivity contribution in [1.29, 1.82) is 0 Å². The molecule has 2 aliphatic heterocycles. The van der Waals surface area contributed by atoms with Gasteiger partial charge >= 0.3 is 0 Å². The average molecular weight is 466 g/mol. The molecule has 3 amide bonds. The molecule has 0 spiro atoms. The maximum atomic E-state index is 13.0. The summed E-state index contributed by atoms with van der Waals surface area (Å²) in [6.07, 6.45) is 1.24. The topological polar surface area (TPSA) is 97.0 Å². The number of nitrogens with zero attached hydrogens (tertiary/aromatic N) is 1. The first-order chi connectivity index (χ1) is 16.3. The minimum absolute atomic E-state index is 0.00382. The molecule has 8 nitrogen and oxygen atoms in total. The monoisotopic (exact) mass is 465 g/mol. The van der Waals surface area contributed by atoms with Crippen LogP contribution in [0.25, 0.3) is 0 Å². The van der Waals surface area contributed by atoms with Crippen LogP contribution in [-0.4, -0.2) is 54.6 Å². The Labute approximate surface area is 199 Å². The lowest BCUT2D eigenvalue weighted by atomic mass is 9.88. The number of carbonyl (C=O) groups is 3. The fraction of sp³-hybridized carbons (Fsp3) is 0.423. The molecule has 180 valence electrons. The summed E-state index contributed by atoms with van der Waals surface area (Å²) >= 11 is 0. The van der Waals surface area contributed by atoms with E-state index in [1.807, 2.05) is 49.9 Å². The van der Waals surface area contributed by atoms with E-state index in [4.69, 9.17) is 9.47 Å². The van der Waals surface area contributed by atoms with Gasteiger partial charge in [0.25, 0.3) is 11.8 Å².